The zero-order valence-electron chi connectivity index (χ0n) is 28.8. The minimum atomic E-state index is -3.87. The van der Waals surface area contributed by atoms with Crippen LogP contribution in [0.4, 0.5) is 5.95 Å². The van der Waals surface area contributed by atoms with Gasteiger partial charge in [0.2, 0.25) is 33.7 Å². The van der Waals surface area contributed by atoms with Crippen LogP contribution < -0.4 is 24.8 Å². The van der Waals surface area contributed by atoms with E-state index in [4.69, 9.17) is 9.47 Å². The predicted molar refractivity (Wildman–Crippen MR) is 186 cm³/mol. The molecule has 15 heteroatoms. The standard InChI is InChI=1S/C35H43N7O7S/c1-7-23-17-35(23,33(45)41-50(46,47)26-9-10-26)40-30(43)28-16-25(49-31-27-11-8-24(48-6)15-22(27)12-13-36-31)18-42(28)32(44)29(19(2)3)39-34-37-20(4)14-21(5)38-34/h7-8,11-15,19,23,25-26,28-29H,1,9-10,16-18H2,2-6H3,(H,40,43)(H,41,45)(H,37,38,39)/t23-,25-,28+,29-,35-/m1/s1. The zero-order chi connectivity index (χ0) is 36.0. The number of anilines is 1. The van der Waals surface area contributed by atoms with E-state index >= 15 is 0 Å². The predicted octanol–water partition coefficient (Wildman–Crippen LogP) is 2.80. The molecule has 1 aromatic carbocycles. The van der Waals surface area contributed by atoms with E-state index < -0.39 is 56.7 Å². The van der Waals surface area contributed by atoms with Crippen molar-refractivity contribution >= 4 is 44.5 Å². The van der Waals surface area contributed by atoms with Crippen molar-refractivity contribution in [1.29, 1.82) is 0 Å². The minimum Gasteiger partial charge on any atom is -0.497 e. The van der Waals surface area contributed by atoms with Crippen LogP contribution in [0, 0.1) is 25.7 Å². The Hall–Kier alpha value is -4.79. The monoisotopic (exact) mass is 705 g/mol. The third kappa shape index (κ3) is 7.09. The zero-order valence-corrected chi connectivity index (χ0v) is 29.6. The Kier molecular flexibility index (Phi) is 9.46. The van der Waals surface area contributed by atoms with Crippen molar-refractivity contribution in [3.8, 4) is 11.6 Å². The SMILES string of the molecule is C=C[C@@H]1C[C@]1(NC(=O)[C@@H]1C[C@@H](Oc2nccc3cc(OC)ccc23)CN1C(=O)[C@H](Nc1nc(C)cc(C)n1)C(C)C)C(=O)NS(=O)(=O)C1CC1. The summed E-state index contributed by atoms with van der Waals surface area (Å²) in [6.07, 6.45) is 3.72. The first-order chi connectivity index (χ1) is 23.7. The van der Waals surface area contributed by atoms with Gasteiger partial charge in [0.05, 0.1) is 18.9 Å². The summed E-state index contributed by atoms with van der Waals surface area (Å²) < 4.78 is 39.3. The van der Waals surface area contributed by atoms with Crippen molar-refractivity contribution in [3.63, 3.8) is 0 Å². The second-order valence-electron chi connectivity index (χ2n) is 13.7. The summed E-state index contributed by atoms with van der Waals surface area (Å²) in [5.74, 6) is -1.21. The van der Waals surface area contributed by atoms with Crippen LogP contribution in [0.15, 0.2) is 49.2 Å². The van der Waals surface area contributed by atoms with E-state index in [0.717, 1.165) is 22.2 Å². The third-order valence-corrected chi connectivity index (χ3v) is 11.3. The number of ether oxygens (including phenoxy) is 2. The summed E-state index contributed by atoms with van der Waals surface area (Å²) in [5, 5.41) is 6.95. The molecule has 14 nitrogen and oxygen atoms in total. The number of rotatable bonds is 13. The van der Waals surface area contributed by atoms with Crippen molar-refractivity contribution in [2.75, 3.05) is 19.0 Å². The molecular weight excluding hydrogens is 662 g/mol. The van der Waals surface area contributed by atoms with Gasteiger partial charge in [0.15, 0.2) is 0 Å². The number of fused-ring (bicyclic) bond motifs is 1. The van der Waals surface area contributed by atoms with Gasteiger partial charge in [0.25, 0.3) is 5.91 Å². The van der Waals surface area contributed by atoms with Gasteiger partial charge in [-0.2, -0.15) is 0 Å². The molecule has 0 unspecified atom stereocenters. The van der Waals surface area contributed by atoms with E-state index in [0.29, 0.717) is 24.5 Å². The smallest absolute Gasteiger partial charge is 0.259 e. The highest BCUT2D eigenvalue weighted by molar-refractivity contribution is 7.91. The summed E-state index contributed by atoms with van der Waals surface area (Å²) in [4.78, 5) is 56.9. The molecule has 1 saturated heterocycles. The molecule has 5 atom stereocenters. The second kappa shape index (κ2) is 13.5. The molecule has 50 heavy (non-hydrogen) atoms. The number of carbonyl (C=O) groups is 3. The molecule has 6 rings (SSSR count). The fourth-order valence-corrected chi connectivity index (χ4v) is 7.89. The van der Waals surface area contributed by atoms with Crippen LogP contribution in [0.25, 0.3) is 10.8 Å². The molecule has 2 saturated carbocycles. The molecule has 0 radical (unpaired) electrons. The van der Waals surface area contributed by atoms with E-state index in [1.54, 1.807) is 19.4 Å². The fraction of sp³-hybridized carbons (Fsp3) is 0.486. The number of hydrogen-bond acceptors (Lipinski definition) is 11. The van der Waals surface area contributed by atoms with Crippen molar-refractivity contribution in [1.82, 2.24) is 29.9 Å². The normalized spacial score (nSPS) is 23.6. The lowest BCUT2D eigenvalue weighted by molar-refractivity contribution is -0.140. The van der Waals surface area contributed by atoms with Crippen LogP contribution >= 0.6 is 0 Å². The van der Waals surface area contributed by atoms with Crippen molar-refractivity contribution in [3.05, 3.63) is 60.6 Å². The topological polar surface area (TPSA) is 182 Å². The molecule has 0 spiro atoms. The van der Waals surface area contributed by atoms with Gasteiger partial charge in [-0.05, 0) is 74.7 Å². The lowest BCUT2D eigenvalue weighted by Gasteiger charge is -2.31. The summed E-state index contributed by atoms with van der Waals surface area (Å²) in [7, 11) is -2.28. The number of pyridine rings is 1. The number of nitrogens with zero attached hydrogens (tertiary/aromatic N) is 4. The molecule has 3 aliphatic rings. The van der Waals surface area contributed by atoms with Gasteiger partial charge in [0, 0.05) is 35.3 Å². The first-order valence-electron chi connectivity index (χ1n) is 16.7. The lowest BCUT2D eigenvalue weighted by Crippen LogP contribution is -2.58. The van der Waals surface area contributed by atoms with Crippen LogP contribution in [0.2, 0.25) is 0 Å². The molecular formula is C35H43N7O7S. The first kappa shape index (κ1) is 35.1. The van der Waals surface area contributed by atoms with E-state index in [2.05, 4.69) is 36.9 Å². The minimum absolute atomic E-state index is 0.0455. The van der Waals surface area contributed by atoms with Crippen molar-refractivity contribution < 1.29 is 32.3 Å². The van der Waals surface area contributed by atoms with Gasteiger partial charge in [-0.1, -0.05) is 19.9 Å². The number of nitrogens with one attached hydrogen (secondary N) is 3. The Morgan fingerprint density at radius 3 is 2.44 bits per heavy atom. The Morgan fingerprint density at radius 1 is 1.10 bits per heavy atom. The Morgan fingerprint density at radius 2 is 1.82 bits per heavy atom. The molecule has 2 aliphatic carbocycles. The number of likely N-dealkylation sites (tertiary alicyclic amines) is 1. The Balaban J connectivity index is 1.29. The fourth-order valence-electron chi connectivity index (χ4n) is 6.52. The Labute approximate surface area is 291 Å². The molecule has 0 bridgehead atoms. The number of sulfonamides is 1. The lowest BCUT2D eigenvalue weighted by atomic mass is 10.0. The summed E-state index contributed by atoms with van der Waals surface area (Å²) in [6.45, 7) is 11.3. The summed E-state index contributed by atoms with van der Waals surface area (Å²) >= 11 is 0. The summed E-state index contributed by atoms with van der Waals surface area (Å²) in [6, 6.07) is 7.29. The number of amides is 3. The van der Waals surface area contributed by atoms with Gasteiger partial charge >= 0.3 is 0 Å². The highest BCUT2D eigenvalue weighted by Gasteiger charge is 2.62. The van der Waals surface area contributed by atoms with Crippen LogP contribution in [-0.2, 0) is 24.4 Å². The van der Waals surface area contributed by atoms with E-state index in [1.807, 2.05) is 52.0 Å². The number of hydrogen-bond donors (Lipinski definition) is 3. The van der Waals surface area contributed by atoms with Crippen molar-refractivity contribution in [2.45, 2.75) is 82.4 Å². The molecule has 3 fully saturated rings. The highest BCUT2D eigenvalue weighted by Crippen LogP contribution is 2.45. The van der Waals surface area contributed by atoms with Crippen LogP contribution in [0.5, 0.6) is 11.6 Å². The van der Waals surface area contributed by atoms with Crippen LogP contribution in [0.3, 0.4) is 0 Å². The molecule has 266 valence electrons. The number of benzene rings is 1. The van der Waals surface area contributed by atoms with E-state index in [-0.39, 0.29) is 37.2 Å². The third-order valence-electron chi connectivity index (χ3n) is 9.51. The number of carbonyl (C=O) groups excluding carboxylic acids is 3. The highest BCUT2D eigenvalue weighted by atomic mass is 32.2. The quantitative estimate of drug-likeness (QED) is 0.223. The van der Waals surface area contributed by atoms with E-state index in [1.165, 1.54) is 11.0 Å². The van der Waals surface area contributed by atoms with Gasteiger partial charge in [-0.15, -0.1) is 6.58 Å². The number of aromatic nitrogens is 3. The Bertz CT molecular complexity index is 1930. The summed E-state index contributed by atoms with van der Waals surface area (Å²) in [5.41, 5.74) is -0.0427. The molecule has 3 amide bonds. The maximum Gasteiger partial charge on any atom is 0.259 e. The molecule has 1 aliphatic heterocycles. The van der Waals surface area contributed by atoms with Gasteiger partial charge in [-0.25, -0.2) is 23.4 Å². The van der Waals surface area contributed by atoms with Crippen LogP contribution in [0.1, 0.15) is 50.9 Å². The average Bonchev–Trinajstić information content (AvgIpc) is 3.99. The molecule has 3 N–H and O–H groups in total. The average molecular weight is 706 g/mol. The molecule has 3 heterocycles. The van der Waals surface area contributed by atoms with E-state index in [9.17, 15) is 22.8 Å². The maximum atomic E-state index is 14.4. The van der Waals surface area contributed by atoms with Gasteiger partial charge in [0.1, 0.15) is 29.5 Å². The maximum absolute atomic E-state index is 14.4. The number of aryl methyl sites for hydroxylation is 2. The second-order valence-corrected chi connectivity index (χ2v) is 15.7. The number of methoxy groups -OCH3 is 1. The van der Waals surface area contributed by atoms with Crippen molar-refractivity contribution in [2.24, 2.45) is 11.8 Å². The molecule has 3 aromatic rings. The largest absolute Gasteiger partial charge is 0.497 e. The first-order valence-corrected chi connectivity index (χ1v) is 18.3. The van der Waals surface area contributed by atoms with Crippen LogP contribution in [-0.4, -0.2) is 88.6 Å². The van der Waals surface area contributed by atoms with Gasteiger partial charge in [-0.3, -0.25) is 19.1 Å². The molecule has 2 aromatic heterocycles. The van der Waals surface area contributed by atoms with Gasteiger partial charge < -0.3 is 25.0 Å².